The molecule has 2 heteroatoms. The third kappa shape index (κ3) is 1.58. The summed E-state index contributed by atoms with van der Waals surface area (Å²) in [6, 6.07) is 0. The van der Waals surface area contributed by atoms with Gasteiger partial charge < -0.3 is 9.47 Å². The van der Waals surface area contributed by atoms with E-state index < -0.39 is 0 Å². The summed E-state index contributed by atoms with van der Waals surface area (Å²) < 4.78 is 10.4. The number of ether oxygens (including phenoxy) is 2. The maximum Gasteiger partial charge on any atom is 0.0870 e. The van der Waals surface area contributed by atoms with Crippen molar-refractivity contribution in [3.05, 3.63) is 12.2 Å². The van der Waals surface area contributed by atoms with Gasteiger partial charge in [-0.05, 0) is 12.8 Å². The van der Waals surface area contributed by atoms with Crippen LogP contribution in [0.4, 0.5) is 0 Å². The fourth-order valence-corrected chi connectivity index (χ4v) is 1.26. The molecule has 2 atom stereocenters. The predicted octanol–water partition coefficient (Wildman–Crippen LogP) is 1.37. The Morgan fingerprint density at radius 1 is 1.00 bits per heavy atom. The molecule has 0 spiro atoms. The molecule has 0 saturated carbocycles. The zero-order valence-electron chi connectivity index (χ0n) is 6.54. The highest BCUT2D eigenvalue weighted by Gasteiger charge is 2.20. The average molecular weight is 142 g/mol. The molecule has 0 radical (unpaired) electrons. The van der Waals surface area contributed by atoms with E-state index >= 15 is 0 Å². The van der Waals surface area contributed by atoms with E-state index in [0.717, 1.165) is 12.8 Å². The molecule has 0 aromatic heterocycles. The summed E-state index contributed by atoms with van der Waals surface area (Å²) in [7, 11) is 3.46. The summed E-state index contributed by atoms with van der Waals surface area (Å²) in [6.07, 6.45) is 6.77. The Bertz CT molecular complexity index is 106. The van der Waals surface area contributed by atoms with Crippen LogP contribution < -0.4 is 0 Å². The summed E-state index contributed by atoms with van der Waals surface area (Å²) in [5.74, 6) is 0. The third-order valence-electron chi connectivity index (χ3n) is 1.92. The van der Waals surface area contributed by atoms with Crippen LogP contribution in [-0.4, -0.2) is 26.4 Å². The molecular formula is C8H14O2. The van der Waals surface area contributed by atoms with Crippen molar-refractivity contribution in [2.45, 2.75) is 25.0 Å². The van der Waals surface area contributed by atoms with Gasteiger partial charge in [0, 0.05) is 14.2 Å². The van der Waals surface area contributed by atoms with E-state index in [1.165, 1.54) is 0 Å². The molecule has 1 rings (SSSR count). The number of hydrogen-bond donors (Lipinski definition) is 0. The van der Waals surface area contributed by atoms with E-state index in [0.29, 0.717) is 0 Å². The molecule has 0 aromatic rings. The lowest BCUT2D eigenvalue weighted by Gasteiger charge is -2.25. The van der Waals surface area contributed by atoms with Gasteiger partial charge in [-0.15, -0.1) is 0 Å². The van der Waals surface area contributed by atoms with Gasteiger partial charge in [-0.2, -0.15) is 0 Å². The summed E-state index contributed by atoms with van der Waals surface area (Å²) >= 11 is 0. The molecule has 58 valence electrons. The quantitative estimate of drug-likeness (QED) is 0.542. The minimum Gasteiger partial charge on any atom is -0.378 e. The van der Waals surface area contributed by atoms with Gasteiger partial charge in [0.1, 0.15) is 0 Å². The molecule has 1 aliphatic carbocycles. The third-order valence-corrected chi connectivity index (χ3v) is 1.92. The molecule has 2 unspecified atom stereocenters. The van der Waals surface area contributed by atoms with Crippen molar-refractivity contribution in [3.8, 4) is 0 Å². The molecule has 0 fully saturated rings. The number of hydrogen-bond acceptors (Lipinski definition) is 2. The zero-order chi connectivity index (χ0) is 7.40. The lowest BCUT2D eigenvalue weighted by atomic mass is 10.0. The van der Waals surface area contributed by atoms with E-state index in [-0.39, 0.29) is 12.2 Å². The predicted molar refractivity (Wildman–Crippen MR) is 40.0 cm³/mol. The second-order valence-corrected chi connectivity index (χ2v) is 2.49. The van der Waals surface area contributed by atoms with Crippen molar-refractivity contribution in [2.75, 3.05) is 14.2 Å². The van der Waals surface area contributed by atoms with Gasteiger partial charge in [0.15, 0.2) is 0 Å². The largest absolute Gasteiger partial charge is 0.378 e. The standard InChI is InChI=1S/C8H14O2/c1-9-7-5-3-4-6-8(7)10-2/h3-4,7-8H,5-6H2,1-2H3. The van der Waals surface area contributed by atoms with Crippen molar-refractivity contribution in [1.82, 2.24) is 0 Å². The molecule has 0 aromatic carbocycles. The first-order valence-corrected chi connectivity index (χ1v) is 3.59. The van der Waals surface area contributed by atoms with Crippen molar-refractivity contribution >= 4 is 0 Å². The molecule has 0 aliphatic heterocycles. The second kappa shape index (κ2) is 3.74. The Morgan fingerprint density at radius 3 is 1.70 bits per heavy atom. The Hall–Kier alpha value is -0.340. The zero-order valence-corrected chi connectivity index (χ0v) is 6.54. The van der Waals surface area contributed by atoms with Gasteiger partial charge in [0.05, 0.1) is 12.2 Å². The smallest absolute Gasteiger partial charge is 0.0870 e. The van der Waals surface area contributed by atoms with Crippen LogP contribution in [-0.2, 0) is 9.47 Å². The number of rotatable bonds is 2. The first kappa shape index (κ1) is 7.76. The fraction of sp³-hybridized carbons (Fsp3) is 0.750. The van der Waals surface area contributed by atoms with Gasteiger partial charge in [-0.3, -0.25) is 0 Å². The fourth-order valence-electron chi connectivity index (χ4n) is 1.26. The Kier molecular flexibility index (Phi) is 2.90. The molecule has 2 nitrogen and oxygen atoms in total. The minimum absolute atomic E-state index is 0.259. The highest BCUT2D eigenvalue weighted by atomic mass is 16.5. The Morgan fingerprint density at radius 2 is 1.40 bits per heavy atom. The van der Waals surface area contributed by atoms with Crippen LogP contribution in [0.3, 0.4) is 0 Å². The van der Waals surface area contributed by atoms with Crippen molar-refractivity contribution in [2.24, 2.45) is 0 Å². The van der Waals surface area contributed by atoms with Crippen molar-refractivity contribution < 1.29 is 9.47 Å². The SMILES string of the molecule is COC1CC=CCC1OC. The van der Waals surface area contributed by atoms with Crippen molar-refractivity contribution in [1.29, 1.82) is 0 Å². The Labute approximate surface area is 61.8 Å². The summed E-state index contributed by atoms with van der Waals surface area (Å²) in [4.78, 5) is 0. The van der Waals surface area contributed by atoms with E-state index in [9.17, 15) is 0 Å². The second-order valence-electron chi connectivity index (χ2n) is 2.49. The highest BCUT2D eigenvalue weighted by molar-refractivity contribution is 4.96. The normalized spacial score (nSPS) is 32.6. The van der Waals surface area contributed by atoms with Gasteiger partial charge >= 0.3 is 0 Å². The molecule has 0 heterocycles. The van der Waals surface area contributed by atoms with Gasteiger partial charge in [0.25, 0.3) is 0 Å². The molecule has 0 saturated heterocycles. The molecule has 1 aliphatic rings. The van der Waals surface area contributed by atoms with Crippen LogP contribution in [0, 0.1) is 0 Å². The first-order chi connectivity index (χ1) is 4.88. The van der Waals surface area contributed by atoms with Crippen LogP contribution in [0.2, 0.25) is 0 Å². The molecule has 0 bridgehead atoms. The molecule has 0 N–H and O–H groups in total. The van der Waals surface area contributed by atoms with Crippen molar-refractivity contribution in [3.63, 3.8) is 0 Å². The van der Waals surface area contributed by atoms with Crippen LogP contribution in [0.5, 0.6) is 0 Å². The molecule has 0 amide bonds. The summed E-state index contributed by atoms with van der Waals surface area (Å²) in [5.41, 5.74) is 0. The van der Waals surface area contributed by atoms with E-state index in [4.69, 9.17) is 9.47 Å². The topological polar surface area (TPSA) is 18.5 Å². The van der Waals surface area contributed by atoms with Crippen LogP contribution in [0.15, 0.2) is 12.2 Å². The molecule has 10 heavy (non-hydrogen) atoms. The first-order valence-electron chi connectivity index (χ1n) is 3.59. The maximum atomic E-state index is 5.22. The van der Waals surface area contributed by atoms with Crippen LogP contribution >= 0.6 is 0 Å². The maximum absolute atomic E-state index is 5.22. The Balaban J connectivity index is 2.45. The summed E-state index contributed by atoms with van der Waals surface area (Å²) in [6.45, 7) is 0. The molecular weight excluding hydrogens is 128 g/mol. The van der Waals surface area contributed by atoms with Gasteiger partial charge in [-0.25, -0.2) is 0 Å². The highest BCUT2D eigenvalue weighted by Crippen LogP contribution is 2.16. The minimum atomic E-state index is 0.259. The lowest BCUT2D eigenvalue weighted by Crippen LogP contribution is -2.30. The van der Waals surface area contributed by atoms with E-state index in [2.05, 4.69) is 12.2 Å². The lowest BCUT2D eigenvalue weighted by molar-refractivity contribution is -0.0357. The monoisotopic (exact) mass is 142 g/mol. The summed E-state index contributed by atoms with van der Waals surface area (Å²) in [5, 5.41) is 0. The van der Waals surface area contributed by atoms with Crippen LogP contribution in [0.1, 0.15) is 12.8 Å². The average Bonchev–Trinajstić information content (AvgIpc) is 2.04. The van der Waals surface area contributed by atoms with Gasteiger partial charge in [-0.1, -0.05) is 12.2 Å². The van der Waals surface area contributed by atoms with E-state index in [1.807, 2.05) is 0 Å². The number of methoxy groups -OCH3 is 2. The van der Waals surface area contributed by atoms with E-state index in [1.54, 1.807) is 14.2 Å². The van der Waals surface area contributed by atoms with Gasteiger partial charge in [0.2, 0.25) is 0 Å². The van der Waals surface area contributed by atoms with Crippen LogP contribution in [0.25, 0.3) is 0 Å².